The van der Waals surface area contributed by atoms with Crippen LogP contribution in [0.15, 0.2) is 41.3 Å². The van der Waals surface area contributed by atoms with Crippen LogP contribution in [0.25, 0.3) is 0 Å². The fourth-order valence-corrected chi connectivity index (χ4v) is 1.80. The molecule has 2 N–H and O–H groups in total. The molecule has 76 valence electrons. The highest BCUT2D eigenvalue weighted by Gasteiger charge is 1.97. The van der Waals surface area contributed by atoms with E-state index >= 15 is 0 Å². The Kier molecular flexibility index (Phi) is 4.56. The van der Waals surface area contributed by atoms with E-state index in [1.54, 1.807) is 18.9 Å². The molecule has 2 nitrogen and oxygen atoms in total. The molecule has 0 saturated heterocycles. The van der Waals surface area contributed by atoms with Crippen molar-refractivity contribution in [2.24, 2.45) is 5.73 Å². The Morgan fingerprint density at radius 3 is 3.00 bits per heavy atom. The minimum absolute atomic E-state index is 0.553. The maximum absolute atomic E-state index is 5.45. The van der Waals surface area contributed by atoms with Crippen molar-refractivity contribution in [1.82, 2.24) is 0 Å². The number of methoxy groups -OCH3 is 1. The lowest BCUT2D eigenvalue weighted by atomic mass is 10.3. The van der Waals surface area contributed by atoms with Gasteiger partial charge in [0.1, 0.15) is 5.75 Å². The zero-order chi connectivity index (χ0) is 10.4. The zero-order valence-electron chi connectivity index (χ0n) is 8.32. The predicted molar refractivity (Wildman–Crippen MR) is 61.9 cm³/mol. The highest BCUT2D eigenvalue weighted by atomic mass is 32.2. The van der Waals surface area contributed by atoms with Crippen LogP contribution in [0.3, 0.4) is 0 Å². The summed E-state index contributed by atoms with van der Waals surface area (Å²) < 4.78 is 5.13. The van der Waals surface area contributed by atoms with Crippen LogP contribution < -0.4 is 10.5 Å². The summed E-state index contributed by atoms with van der Waals surface area (Å²) in [5, 5.41) is 0. The Labute approximate surface area is 89.1 Å². The van der Waals surface area contributed by atoms with Gasteiger partial charge in [-0.2, -0.15) is 0 Å². The minimum atomic E-state index is 0.553. The van der Waals surface area contributed by atoms with Gasteiger partial charge in [0.25, 0.3) is 0 Å². The Morgan fingerprint density at radius 1 is 1.57 bits per heavy atom. The number of rotatable bonds is 5. The number of benzene rings is 1. The van der Waals surface area contributed by atoms with Crippen LogP contribution in [0, 0.1) is 0 Å². The van der Waals surface area contributed by atoms with Gasteiger partial charge in [-0.05, 0) is 18.2 Å². The summed E-state index contributed by atoms with van der Waals surface area (Å²) in [6.07, 6.45) is 0. The highest BCUT2D eigenvalue weighted by molar-refractivity contribution is 7.99. The van der Waals surface area contributed by atoms with Gasteiger partial charge >= 0.3 is 0 Å². The van der Waals surface area contributed by atoms with E-state index < -0.39 is 0 Å². The van der Waals surface area contributed by atoms with Crippen molar-refractivity contribution in [3.63, 3.8) is 0 Å². The van der Waals surface area contributed by atoms with Crippen molar-refractivity contribution >= 4 is 11.8 Å². The van der Waals surface area contributed by atoms with E-state index in [9.17, 15) is 0 Å². The van der Waals surface area contributed by atoms with Crippen LogP contribution in [0.1, 0.15) is 0 Å². The average molecular weight is 209 g/mol. The second-order valence-corrected chi connectivity index (χ2v) is 3.97. The first-order valence-corrected chi connectivity index (χ1v) is 5.38. The molecular formula is C11H15NOS. The summed E-state index contributed by atoms with van der Waals surface area (Å²) in [4.78, 5) is 1.18. The van der Waals surface area contributed by atoms with Gasteiger partial charge < -0.3 is 10.5 Å². The fraction of sp³-hybridized carbons (Fsp3) is 0.273. The fourth-order valence-electron chi connectivity index (χ4n) is 0.935. The van der Waals surface area contributed by atoms with Gasteiger partial charge in [0.2, 0.25) is 0 Å². The lowest BCUT2D eigenvalue weighted by Gasteiger charge is -2.04. The quantitative estimate of drug-likeness (QED) is 0.597. The smallest absolute Gasteiger partial charge is 0.119 e. The average Bonchev–Trinajstić information content (AvgIpc) is 2.26. The Morgan fingerprint density at radius 2 is 2.36 bits per heavy atom. The minimum Gasteiger partial charge on any atom is -0.497 e. The molecule has 0 aliphatic rings. The van der Waals surface area contributed by atoms with E-state index in [0.717, 1.165) is 17.1 Å². The molecule has 0 spiro atoms. The SMILES string of the molecule is C=C(CN)CSc1cccc(OC)c1. The van der Waals surface area contributed by atoms with E-state index in [1.165, 1.54) is 4.90 Å². The molecule has 1 rings (SSSR count). The van der Waals surface area contributed by atoms with E-state index in [0.29, 0.717) is 6.54 Å². The van der Waals surface area contributed by atoms with Crippen LogP contribution in [0.5, 0.6) is 5.75 Å². The monoisotopic (exact) mass is 209 g/mol. The third-order valence-corrected chi connectivity index (χ3v) is 2.91. The summed E-state index contributed by atoms with van der Waals surface area (Å²) in [6.45, 7) is 4.41. The maximum atomic E-state index is 5.45. The van der Waals surface area contributed by atoms with Crippen LogP contribution in [0.2, 0.25) is 0 Å². The van der Waals surface area contributed by atoms with Gasteiger partial charge in [-0.3, -0.25) is 0 Å². The van der Waals surface area contributed by atoms with Crippen molar-refractivity contribution in [2.75, 3.05) is 19.4 Å². The van der Waals surface area contributed by atoms with Gasteiger partial charge in [-0.1, -0.05) is 18.2 Å². The summed E-state index contributed by atoms with van der Waals surface area (Å²) in [6, 6.07) is 7.97. The number of hydrogen-bond donors (Lipinski definition) is 1. The molecule has 0 atom stereocenters. The van der Waals surface area contributed by atoms with Crippen molar-refractivity contribution in [1.29, 1.82) is 0 Å². The van der Waals surface area contributed by atoms with Gasteiger partial charge in [0.05, 0.1) is 7.11 Å². The van der Waals surface area contributed by atoms with Crippen LogP contribution in [0.4, 0.5) is 0 Å². The molecule has 0 radical (unpaired) electrons. The van der Waals surface area contributed by atoms with Gasteiger partial charge in [0, 0.05) is 17.2 Å². The number of nitrogens with two attached hydrogens (primary N) is 1. The maximum Gasteiger partial charge on any atom is 0.119 e. The molecule has 0 amide bonds. The molecule has 3 heteroatoms. The molecule has 1 aromatic rings. The standard InChI is InChI=1S/C11H15NOS/c1-9(7-12)8-14-11-5-3-4-10(6-11)13-2/h3-6H,1,7-8,12H2,2H3. The Hall–Kier alpha value is -0.930. The molecule has 0 unspecified atom stereocenters. The van der Waals surface area contributed by atoms with Gasteiger partial charge in [-0.25, -0.2) is 0 Å². The first-order valence-electron chi connectivity index (χ1n) is 4.40. The van der Waals surface area contributed by atoms with Crippen molar-refractivity contribution < 1.29 is 4.74 Å². The highest BCUT2D eigenvalue weighted by Crippen LogP contribution is 2.23. The predicted octanol–water partition coefficient (Wildman–Crippen LogP) is 2.30. The van der Waals surface area contributed by atoms with Crippen LogP contribution >= 0.6 is 11.8 Å². The van der Waals surface area contributed by atoms with Crippen molar-refractivity contribution in [3.05, 3.63) is 36.4 Å². The summed E-state index contributed by atoms with van der Waals surface area (Å²) in [7, 11) is 1.67. The molecule has 0 aliphatic heterocycles. The van der Waals surface area contributed by atoms with Crippen molar-refractivity contribution in [3.8, 4) is 5.75 Å². The second-order valence-electron chi connectivity index (χ2n) is 2.92. The van der Waals surface area contributed by atoms with Gasteiger partial charge in [0.15, 0.2) is 0 Å². The molecule has 1 aromatic carbocycles. The number of ether oxygens (including phenoxy) is 1. The third-order valence-electron chi connectivity index (χ3n) is 1.77. The first kappa shape index (κ1) is 11.1. The molecule has 0 bridgehead atoms. The molecule has 0 fully saturated rings. The summed E-state index contributed by atoms with van der Waals surface area (Å²) >= 11 is 1.72. The lowest BCUT2D eigenvalue weighted by molar-refractivity contribution is 0.413. The molecule has 14 heavy (non-hydrogen) atoms. The summed E-state index contributed by atoms with van der Waals surface area (Å²) in [5.41, 5.74) is 6.51. The molecule has 0 aromatic heterocycles. The lowest BCUT2D eigenvalue weighted by Crippen LogP contribution is -2.03. The van der Waals surface area contributed by atoms with Crippen molar-refractivity contribution in [2.45, 2.75) is 4.90 Å². The van der Waals surface area contributed by atoms with E-state index in [1.807, 2.05) is 18.2 Å². The molecular weight excluding hydrogens is 194 g/mol. The molecule has 0 heterocycles. The van der Waals surface area contributed by atoms with E-state index in [2.05, 4.69) is 12.6 Å². The topological polar surface area (TPSA) is 35.2 Å². The second kappa shape index (κ2) is 5.73. The zero-order valence-corrected chi connectivity index (χ0v) is 9.14. The van der Waals surface area contributed by atoms with Crippen LogP contribution in [-0.4, -0.2) is 19.4 Å². The first-order chi connectivity index (χ1) is 6.76. The van der Waals surface area contributed by atoms with Gasteiger partial charge in [-0.15, -0.1) is 11.8 Å². The number of hydrogen-bond acceptors (Lipinski definition) is 3. The molecule has 0 aliphatic carbocycles. The molecule has 0 saturated carbocycles. The summed E-state index contributed by atoms with van der Waals surface area (Å²) in [5.74, 6) is 1.75. The van der Waals surface area contributed by atoms with E-state index in [-0.39, 0.29) is 0 Å². The van der Waals surface area contributed by atoms with Crippen LogP contribution in [-0.2, 0) is 0 Å². The van der Waals surface area contributed by atoms with E-state index in [4.69, 9.17) is 10.5 Å². The largest absolute Gasteiger partial charge is 0.497 e. The Bertz CT molecular complexity index is 312. The Balaban J connectivity index is 2.54. The number of thioether (sulfide) groups is 1. The third kappa shape index (κ3) is 3.44. The normalized spacial score (nSPS) is 9.86.